The van der Waals surface area contributed by atoms with E-state index in [1.165, 1.54) is 6.42 Å². The number of halogens is 1. The van der Waals surface area contributed by atoms with Gasteiger partial charge in [-0.05, 0) is 45.0 Å². The second-order valence-corrected chi connectivity index (χ2v) is 6.40. The maximum absolute atomic E-state index is 10.8. The van der Waals surface area contributed by atoms with E-state index in [4.69, 9.17) is 11.6 Å². The first-order valence-electron chi connectivity index (χ1n) is 7.15. The first kappa shape index (κ1) is 14.8. The van der Waals surface area contributed by atoms with Gasteiger partial charge in [-0.15, -0.1) is 0 Å². The molecule has 0 bridgehead atoms. The van der Waals surface area contributed by atoms with Crippen LogP contribution in [-0.4, -0.2) is 29.7 Å². The molecule has 1 aromatic rings. The predicted octanol–water partition coefficient (Wildman–Crippen LogP) is 4.03. The molecular formula is C16H24ClNO. The van der Waals surface area contributed by atoms with Gasteiger partial charge >= 0.3 is 0 Å². The molecule has 2 nitrogen and oxygen atoms in total. The van der Waals surface area contributed by atoms with Gasteiger partial charge in [-0.25, -0.2) is 0 Å². The van der Waals surface area contributed by atoms with E-state index in [0.717, 1.165) is 42.7 Å². The van der Waals surface area contributed by atoms with Gasteiger partial charge in [-0.3, -0.25) is 0 Å². The van der Waals surface area contributed by atoms with E-state index in [1.54, 1.807) is 0 Å². The van der Waals surface area contributed by atoms with E-state index in [9.17, 15) is 5.11 Å². The fourth-order valence-electron chi connectivity index (χ4n) is 3.09. The van der Waals surface area contributed by atoms with E-state index in [2.05, 4.69) is 25.1 Å². The molecule has 3 heteroatoms. The molecule has 106 valence electrons. The van der Waals surface area contributed by atoms with E-state index in [1.807, 2.05) is 18.2 Å². The minimum Gasteiger partial charge on any atom is -0.390 e. The number of hydrogen-bond donors (Lipinski definition) is 1. The molecule has 1 aliphatic rings. The zero-order valence-electron chi connectivity index (χ0n) is 11.9. The van der Waals surface area contributed by atoms with Crippen molar-refractivity contribution in [2.45, 2.75) is 50.2 Å². The fraction of sp³-hybridized carbons (Fsp3) is 0.625. The number of nitrogens with zero attached hydrogens (tertiary/aromatic N) is 1. The van der Waals surface area contributed by atoms with Crippen molar-refractivity contribution >= 4 is 11.6 Å². The summed E-state index contributed by atoms with van der Waals surface area (Å²) in [4.78, 5) is 2.16. The fourth-order valence-corrected chi connectivity index (χ4v) is 3.35. The van der Waals surface area contributed by atoms with Crippen molar-refractivity contribution in [3.8, 4) is 0 Å². The van der Waals surface area contributed by atoms with E-state index < -0.39 is 5.60 Å². The summed E-state index contributed by atoms with van der Waals surface area (Å²) >= 11 is 6.32. The lowest BCUT2D eigenvalue weighted by atomic mass is 9.79. The summed E-state index contributed by atoms with van der Waals surface area (Å²) in [5.41, 5.74) is 0.597. The molecule has 1 atom stereocenters. The summed E-state index contributed by atoms with van der Waals surface area (Å²) < 4.78 is 0. The third kappa shape index (κ3) is 3.71. The predicted molar refractivity (Wildman–Crippen MR) is 80.5 cm³/mol. The molecule has 0 saturated heterocycles. The maximum Gasteiger partial charge on any atom is 0.0666 e. The van der Waals surface area contributed by atoms with E-state index in [0.29, 0.717) is 0 Å². The Hall–Kier alpha value is -0.570. The standard InChI is InChI=1S/C16H24ClNO/c1-18(2)15(13-8-4-5-9-14(13)17)12-16(19)10-6-3-7-11-16/h4-5,8-9,15,19H,3,6-7,10-12H2,1-2H3. The van der Waals surface area contributed by atoms with Gasteiger partial charge in [0.05, 0.1) is 5.60 Å². The number of rotatable bonds is 4. The summed E-state index contributed by atoms with van der Waals surface area (Å²) in [5, 5.41) is 11.6. The topological polar surface area (TPSA) is 23.5 Å². The van der Waals surface area contributed by atoms with Crippen LogP contribution in [0.5, 0.6) is 0 Å². The van der Waals surface area contributed by atoms with Gasteiger partial charge in [0, 0.05) is 11.1 Å². The second-order valence-electron chi connectivity index (χ2n) is 5.99. The minimum absolute atomic E-state index is 0.178. The normalized spacial score (nSPS) is 20.5. The summed E-state index contributed by atoms with van der Waals surface area (Å²) in [6.45, 7) is 0. The first-order valence-corrected chi connectivity index (χ1v) is 7.53. The third-order valence-corrected chi connectivity index (χ3v) is 4.59. The van der Waals surface area contributed by atoms with Crippen LogP contribution in [0.3, 0.4) is 0 Å². The smallest absolute Gasteiger partial charge is 0.0666 e. The van der Waals surface area contributed by atoms with Crippen LogP contribution in [-0.2, 0) is 0 Å². The van der Waals surface area contributed by atoms with Crippen molar-refractivity contribution in [1.29, 1.82) is 0 Å². The van der Waals surface area contributed by atoms with Crippen LogP contribution in [0.2, 0.25) is 5.02 Å². The Kier molecular flexibility index (Phi) is 4.88. The number of benzene rings is 1. The molecule has 0 amide bonds. The largest absolute Gasteiger partial charge is 0.390 e. The highest BCUT2D eigenvalue weighted by Gasteiger charge is 2.33. The van der Waals surface area contributed by atoms with Crippen LogP contribution in [0.25, 0.3) is 0 Å². The van der Waals surface area contributed by atoms with Crippen molar-refractivity contribution in [2.75, 3.05) is 14.1 Å². The van der Waals surface area contributed by atoms with Crippen LogP contribution in [0.1, 0.15) is 50.1 Å². The van der Waals surface area contributed by atoms with Crippen LogP contribution in [0.15, 0.2) is 24.3 Å². The van der Waals surface area contributed by atoms with Gasteiger partial charge in [0.15, 0.2) is 0 Å². The molecule has 1 fully saturated rings. The molecule has 0 radical (unpaired) electrons. The molecule has 0 spiro atoms. The lowest BCUT2D eigenvalue weighted by molar-refractivity contribution is -0.0226. The Balaban J connectivity index is 2.19. The molecule has 1 N–H and O–H groups in total. The van der Waals surface area contributed by atoms with Crippen LogP contribution < -0.4 is 0 Å². The second kappa shape index (κ2) is 6.25. The summed E-state index contributed by atoms with van der Waals surface area (Å²) in [7, 11) is 4.11. The zero-order valence-corrected chi connectivity index (χ0v) is 12.7. The minimum atomic E-state index is -0.521. The molecule has 0 aromatic heterocycles. The van der Waals surface area contributed by atoms with Crippen LogP contribution >= 0.6 is 11.6 Å². The van der Waals surface area contributed by atoms with Crippen molar-refractivity contribution in [3.05, 3.63) is 34.9 Å². The molecule has 1 unspecified atom stereocenters. The van der Waals surface area contributed by atoms with Gasteiger partial charge < -0.3 is 10.0 Å². The molecule has 0 aliphatic heterocycles. The van der Waals surface area contributed by atoms with Crippen molar-refractivity contribution in [2.24, 2.45) is 0 Å². The lowest BCUT2D eigenvalue weighted by Crippen LogP contribution is -2.36. The first-order chi connectivity index (χ1) is 9.02. The monoisotopic (exact) mass is 281 g/mol. The number of aliphatic hydroxyl groups is 1. The molecular weight excluding hydrogens is 258 g/mol. The van der Waals surface area contributed by atoms with Crippen LogP contribution in [0.4, 0.5) is 0 Å². The molecule has 1 aliphatic carbocycles. The van der Waals surface area contributed by atoms with E-state index >= 15 is 0 Å². The van der Waals surface area contributed by atoms with Gasteiger partial charge in [0.1, 0.15) is 0 Å². The Labute approximate surface area is 121 Å². The molecule has 1 saturated carbocycles. The molecule has 0 heterocycles. The average Bonchev–Trinajstić information content (AvgIpc) is 2.38. The quantitative estimate of drug-likeness (QED) is 0.901. The zero-order chi connectivity index (χ0) is 13.9. The SMILES string of the molecule is CN(C)C(CC1(O)CCCCC1)c1ccccc1Cl. The maximum atomic E-state index is 10.8. The summed E-state index contributed by atoms with van der Waals surface area (Å²) in [6, 6.07) is 8.14. The molecule has 1 aromatic carbocycles. The number of hydrogen-bond acceptors (Lipinski definition) is 2. The highest BCUT2D eigenvalue weighted by Crippen LogP contribution is 2.39. The van der Waals surface area contributed by atoms with Crippen LogP contribution in [0, 0.1) is 0 Å². The van der Waals surface area contributed by atoms with Gasteiger partial charge in [0.2, 0.25) is 0 Å². The summed E-state index contributed by atoms with van der Waals surface area (Å²) in [5.74, 6) is 0. The average molecular weight is 282 g/mol. The Bertz CT molecular complexity index is 413. The molecule has 2 rings (SSSR count). The van der Waals surface area contributed by atoms with Gasteiger partial charge in [-0.1, -0.05) is 49.1 Å². The summed E-state index contributed by atoms with van der Waals surface area (Å²) in [6.07, 6.45) is 6.13. The van der Waals surface area contributed by atoms with E-state index in [-0.39, 0.29) is 6.04 Å². The Morgan fingerprint density at radius 2 is 1.84 bits per heavy atom. The van der Waals surface area contributed by atoms with Crippen molar-refractivity contribution < 1.29 is 5.11 Å². The van der Waals surface area contributed by atoms with Crippen molar-refractivity contribution in [3.63, 3.8) is 0 Å². The van der Waals surface area contributed by atoms with Gasteiger partial charge in [-0.2, -0.15) is 0 Å². The van der Waals surface area contributed by atoms with Crippen molar-refractivity contribution in [1.82, 2.24) is 4.90 Å². The molecule has 19 heavy (non-hydrogen) atoms. The Morgan fingerprint density at radius 1 is 1.21 bits per heavy atom. The van der Waals surface area contributed by atoms with Gasteiger partial charge in [0.25, 0.3) is 0 Å². The highest BCUT2D eigenvalue weighted by atomic mass is 35.5. The third-order valence-electron chi connectivity index (χ3n) is 4.25. The Morgan fingerprint density at radius 3 is 2.42 bits per heavy atom. The lowest BCUT2D eigenvalue weighted by Gasteiger charge is -2.37. The highest BCUT2D eigenvalue weighted by molar-refractivity contribution is 6.31.